The van der Waals surface area contributed by atoms with Crippen molar-refractivity contribution in [1.29, 1.82) is 0 Å². The number of carbonyl (C=O) groups is 2. The Bertz CT molecular complexity index is 1390. The average molecular weight is 630 g/mol. The van der Waals surface area contributed by atoms with Crippen molar-refractivity contribution < 1.29 is 45.4 Å². The number of hydrogen-bond acceptors (Lipinski definition) is 5. The summed E-state index contributed by atoms with van der Waals surface area (Å²) in [6.45, 7) is 0.125. The molecule has 0 spiro atoms. The monoisotopic (exact) mass is 629 g/mol. The van der Waals surface area contributed by atoms with E-state index in [1.807, 2.05) is 23.6 Å². The highest BCUT2D eigenvalue weighted by atomic mass is 32.1. The molecule has 43 heavy (non-hydrogen) atoms. The molecular formula is C29H29F6N3O4S. The van der Waals surface area contributed by atoms with Crippen molar-refractivity contribution in [2.75, 3.05) is 32.6 Å². The van der Waals surface area contributed by atoms with Gasteiger partial charge >= 0.3 is 18.4 Å². The van der Waals surface area contributed by atoms with E-state index in [4.69, 9.17) is 9.47 Å². The highest BCUT2D eigenvalue weighted by Gasteiger charge is 2.38. The van der Waals surface area contributed by atoms with E-state index in [1.165, 1.54) is 25.6 Å². The number of nitrogens with one attached hydrogen (secondary N) is 1. The van der Waals surface area contributed by atoms with Crippen LogP contribution in [-0.2, 0) is 30.1 Å². The standard InChI is InChI=1S/C29H29F6N3O4S/c1-41-24-8-5-18(12-25(24)42-2)9-10-37(16-23-4-3-11-43-23)26(39)17-38(22-6-7-22)27(40)36-21-14-19(28(30,31)32)13-20(15-21)29(33,34)35/h3-5,8,11-15,22H,6-7,9-10,16-17H2,1-2H3,(H,36,40). The predicted octanol–water partition coefficient (Wildman–Crippen LogP) is 7.07. The summed E-state index contributed by atoms with van der Waals surface area (Å²) in [5, 5.41) is 4.01. The normalized spacial score (nSPS) is 13.4. The van der Waals surface area contributed by atoms with E-state index in [0.717, 1.165) is 15.3 Å². The van der Waals surface area contributed by atoms with Crippen LogP contribution in [0.1, 0.15) is 34.4 Å². The van der Waals surface area contributed by atoms with Gasteiger partial charge in [0.15, 0.2) is 11.5 Å². The number of halogens is 6. The largest absolute Gasteiger partial charge is 0.493 e. The van der Waals surface area contributed by atoms with E-state index in [1.54, 1.807) is 17.0 Å². The molecule has 3 aromatic rings. The van der Waals surface area contributed by atoms with Crippen molar-refractivity contribution in [1.82, 2.24) is 9.80 Å². The molecule has 0 atom stereocenters. The Morgan fingerprint density at radius 3 is 2.12 bits per heavy atom. The minimum atomic E-state index is -5.07. The average Bonchev–Trinajstić information content (AvgIpc) is 3.66. The van der Waals surface area contributed by atoms with Crippen LogP contribution in [0.2, 0.25) is 0 Å². The van der Waals surface area contributed by atoms with E-state index in [2.05, 4.69) is 5.32 Å². The topological polar surface area (TPSA) is 71.1 Å². The van der Waals surface area contributed by atoms with Gasteiger partial charge in [-0.25, -0.2) is 4.79 Å². The summed E-state index contributed by atoms with van der Waals surface area (Å²) < 4.78 is 90.5. The van der Waals surface area contributed by atoms with Crippen molar-refractivity contribution in [3.8, 4) is 11.5 Å². The van der Waals surface area contributed by atoms with Gasteiger partial charge < -0.3 is 24.6 Å². The number of carbonyl (C=O) groups excluding carboxylic acids is 2. The van der Waals surface area contributed by atoms with Crippen LogP contribution < -0.4 is 14.8 Å². The second-order valence-electron chi connectivity index (χ2n) is 9.92. The van der Waals surface area contributed by atoms with Gasteiger partial charge in [-0.2, -0.15) is 26.3 Å². The first-order valence-corrected chi connectivity index (χ1v) is 14.0. The van der Waals surface area contributed by atoms with E-state index in [0.29, 0.717) is 42.9 Å². The molecule has 14 heteroatoms. The van der Waals surface area contributed by atoms with Crippen LogP contribution in [0.15, 0.2) is 53.9 Å². The van der Waals surface area contributed by atoms with Crippen molar-refractivity contribution in [2.24, 2.45) is 0 Å². The molecule has 4 rings (SSSR count). The Hall–Kier alpha value is -3.94. The van der Waals surface area contributed by atoms with Crippen LogP contribution in [0.5, 0.6) is 11.5 Å². The van der Waals surface area contributed by atoms with Gasteiger partial charge in [0.25, 0.3) is 0 Å². The van der Waals surface area contributed by atoms with Crippen LogP contribution >= 0.6 is 11.3 Å². The Labute approximate surface area is 248 Å². The summed E-state index contributed by atoms with van der Waals surface area (Å²) >= 11 is 1.45. The first-order valence-electron chi connectivity index (χ1n) is 13.2. The summed E-state index contributed by atoms with van der Waals surface area (Å²) in [4.78, 5) is 30.3. The van der Waals surface area contributed by atoms with Gasteiger partial charge in [0.1, 0.15) is 6.54 Å². The molecule has 0 saturated heterocycles. The molecular weight excluding hydrogens is 600 g/mol. The first-order chi connectivity index (χ1) is 20.3. The molecule has 232 valence electrons. The summed E-state index contributed by atoms with van der Waals surface area (Å²) in [7, 11) is 3.03. The van der Waals surface area contributed by atoms with Gasteiger partial charge in [0.05, 0.1) is 31.9 Å². The highest BCUT2D eigenvalue weighted by Crippen LogP contribution is 2.38. The molecule has 0 radical (unpaired) electrons. The summed E-state index contributed by atoms with van der Waals surface area (Å²) in [6.07, 6.45) is -8.59. The second kappa shape index (κ2) is 13.1. The quantitative estimate of drug-likeness (QED) is 0.231. The lowest BCUT2D eigenvalue weighted by atomic mass is 10.1. The Morgan fingerprint density at radius 2 is 1.58 bits per heavy atom. The molecule has 0 aliphatic heterocycles. The fourth-order valence-electron chi connectivity index (χ4n) is 4.40. The van der Waals surface area contributed by atoms with Crippen LogP contribution in [0, 0.1) is 0 Å². The molecule has 1 aromatic heterocycles. The zero-order chi connectivity index (χ0) is 31.4. The number of benzene rings is 2. The fraction of sp³-hybridized carbons (Fsp3) is 0.379. The zero-order valence-corrected chi connectivity index (χ0v) is 24.0. The minimum Gasteiger partial charge on any atom is -0.493 e. The number of alkyl halides is 6. The van der Waals surface area contributed by atoms with E-state index in [-0.39, 0.29) is 25.2 Å². The number of thiophene rings is 1. The third kappa shape index (κ3) is 8.55. The van der Waals surface area contributed by atoms with Crippen LogP contribution in [0.4, 0.5) is 36.8 Å². The van der Waals surface area contributed by atoms with Crippen LogP contribution in [0.25, 0.3) is 0 Å². The van der Waals surface area contributed by atoms with Crippen LogP contribution in [0.3, 0.4) is 0 Å². The number of hydrogen-bond donors (Lipinski definition) is 1. The lowest BCUT2D eigenvalue weighted by molar-refractivity contribution is -0.143. The van der Waals surface area contributed by atoms with Crippen molar-refractivity contribution in [3.63, 3.8) is 0 Å². The van der Waals surface area contributed by atoms with Gasteiger partial charge in [-0.3, -0.25) is 4.79 Å². The van der Waals surface area contributed by atoms with Crippen molar-refractivity contribution in [3.05, 3.63) is 75.5 Å². The lowest BCUT2D eigenvalue weighted by Crippen LogP contribution is -2.45. The first kappa shape index (κ1) is 32.0. The van der Waals surface area contributed by atoms with Gasteiger partial charge in [-0.1, -0.05) is 12.1 Å². The molecule has 1 saturated carbocycles. The summed E-state index contributed by atoms with van der Waals surface area (Å²) in [6, 6.07) is 8.60. The molecule has 0 bridgehead atoms. The maximum Gasteiger partial charge on any atom is 0.416 e. The molecule has 0 unspecified atom stereocenters. The number of rotatable bonds is 11. The minimum absolute atomic E-state index is 0.0152. The molecule has 3 amide bonds. The molecule has 1 N–H and O–H groups in total. The Balaban J connectivity index is 1.52. The lowest BCUT2D eigenvalue weighted by Gasteiger charge is -2.28. The van der Waals surface area contributed by atoms with Crippen molar-refractivity contribution in [2.45, 2.75) is 44.2 Å². The SMILES string of the molecule is COc1ccc(CCN(Cc2cccs2)C(=O)CN(C(=O)Nc2cc(C(F)(F)F)cc(C(F)(F)F)c2)C2CC2)cc1OC. The summed E-state index contributed by atoms with van der Waals surface area (Å²) in [5.74, 6) is 0.652. The van der Waals surface area contributed by atoms with E-state index < -0.39 is 47.6 Å². The van der Waals surface area contributed by atoms with E-state index in [9.17, 15) is 35.9 Å². The highest BCUT2D eigenvalue weighted by molar-refractivity contribution is 7.09. The van der Waals surface area contributed by atoms with Crippen LogP contribution in [-0.4, -0.2) is 55.1 Å². The molecule has 1 heterocycles. The maximum atomic E-state index is 13.6. The number of anilines is 1. The zero-order valence-electron chi connectivity index (χ0n) is 23.2. The molecule has 1 fully saturated rings. The summed E-state index contributed by atoms with van der Waals surface area (Å²) in [5.41, 5.74) is -2.91. The Morgan fingerprint density at radius 1 is 0.930 bits per heavy atom. The van der Waals surface area contributed by atoms with Gasteiger partial charge in [0, 0.05) is 23.2 Å². The van der Waals surface area contributed by atoms with E-state index >= 15 is 0 Å². The fourth-order valence-corrected chi connectivity index (χ4v) is 5.12. The predicted molar refractivity (Wildman–Crippen MR) is 148 cm³/mol. The molecule has 7 nitrogen and oxygen atoms in total. The number of urea groups is 1. The second-order valence-corrected chi connectivity index (χ2v) is 11.0. The molecule has 1 aliphatic rings. The number of amides is 3. The third-order valence-electron chi connectivity index (χ3n) is 6.79. The third-order valence-corrected chi connectivity index (χ3v) is 7.65. The number of nitrogens with zero attached hydrogens (tertiary/aromatic N) is 2. The van der Waals surface area contributed by atoms with Gasteiger partial charge in [-0.05, 0) is 66.6 Å². The maximum absolute atomic E-state index is 13.6. The number of ether oxygens (including phenoxy) is 2. The smallest absolute Gasteiger partial charge is 0.416 e. The van der Waals surface area contributed by atoms with Gasteiger partial charge in [-0.15, -0.1) is 11.3 Å². The molecule has 2 aromatic carbocycles. The molecule has 1 aliphatic carbocycles. The van der Waals surface area contributed by atoms with Gasteiger partial charge in [0.2, 0.25) is 5.91 Å². The number of methoxy groups -OCH3 is 2. The Kier molecular flexibility index (Phi) is 9.78. The van der Waals surface area contributed by atoms with Crippen molar-refractivity contribution >= 4 is 29.0 Å².